The Morgan fingerprint density at radius 1 is 1.42 bits per heavy atom. The van der Waals surface area contributed by atoms with Crippen LogP contribution in [0.3, 0.4) is 0 Å². The lowest BCUT2D eigenvalue weighted by molar-refractivity contribution is -0.138. The topological polar surface area (TPSA) is 12.9 Å². The van der Waals surface area contributed by atoms with Gasteiger partial charge in [0.25, 0.3) is 0 Å². The van der Waals surface area contributed by atoms with Crippen molar-refractivity contribution >= 4 is 11.6 Å². The van der Waals surface area contributed by atoms with Crippen LogP contribution in [-0.4, -0.2) is 4.98 Å². The normalized spacial score (nSPS) is 11.7. The van der Waals surface area contributed by atoms with E-state index < -0.39 is 11.7 Å². The van der Waals surface area contributed by atoms with Crippen molar-refractivity contribution < 1.29 is 13.2 Å². The van der Waals surface area contributed by atoms with Crippen molar-refractivity contribution in [1.82, 2.24) is 4.98 Å². The number of nitrogens with zero attached hydrogens (tertiary/aromatic N) is 1. The molecule has 1 heterocycles. The van der Waals surface area contributed by atoms with E-state index in [0.717, 1.165) is 6.20 Å². The number of hydrogen-bond acceptors (Lipinski definition) is 1. The van der Waals surface area contributed by atoms with E-state index in [2.05, 4.69) is 4.98 Å². The van der Waals surface area contributed by atoms with Crippen molar-refractivity contribution in [3.8, 4) is 0 Å². The molecule has 0 aliphatic carbocycles. The molecular formula is C7H5ClF3N. The van der Waals surface area contributed by atoms with Gasteiger partial charge in [-0.25, -0.2) is 0 Å². The van der Waals surface area contributed by atoms with Crippen LogP contribution in [0.2, 0.25) is 0 Å². The first-order valence-corrected chi connectivity index (χ1v) is 3.65. The van der Waals surface area contributed by atoms with Crippen molar-refractivity contribution in [2.45, 2.75) is 12.1 Å². The lowest BCUT2D eigenvalue weighted by atomic mass is 10.1. The van der Waals surface area contributed by atoms with Crippen LogP contribution in [0.1, 0.15) is 11.1 Å². The molecule has 0 saturated heterocycles. The zero-order chi connectivity index (χ0) is 9.19. The van der Waals surface area contributed by atoms with Crippen LogP contribution in [0.15, 0.2) is 18.5 Å². The lowest BCUT2D eigenvalue weighted by Gasteiger charge is -2.08. The summed E-state index contributed by atoms with van der Waals surface area (Å²) < 4.78 is 36.4. The molecule has 0 bridgehead atoms. The molecule has 1 rings (SSSR count). The average molecular weight is 196 g/mol. The molecule has 0 aliphatic rings. The van der Waals surface area contributed by atoms with E-state index in [4.69, 9.17) is 11.6 Å². The highest BCUT2D eigenvalue weighted by atomic mass is 35.5. The van der Waals surface area contributed by atoms with E-state index in [-0.39, 0.29) is 11.4 Å². The van der Waals surface area contributed by atoms with E-state index in [1.165, 1.54) is 12.3 Å². The maximum atomic E-state index is 12.1. The highest BCUT2D eigenvalue weighted by molar-refractivity contribution is 6.17. The van der Waals surface area contributed by atoms with Gasteiger partial charge in [0.15, 0.2) is 0 Å². The summed E-state index contributed by atoms with van der Waals surface area (Å²) in [6.07, 6.45) is -2.30. The fraction of sp³-hybridized carbons (Fsp3) is 0.286. The average Bonchev–Trinajstić information content (AvgIpc) is 2.03. The zero-order valence-corrected chi connectivity index (χ0v) is 6.65. The fourth-order valence-electron chi connectivity index (χ4n) is 0.795. The third kappa shape index (κ3) is 1.88. The Morgan fingerprint density at radius 3 is 2.50 bits per heavy atom. The second-order valence-electron chi connectivity index (χ2n) is 2.16. The van der Waals surface area contributed by atoms with Gasteiger partial charge in [0.1, 0.15) is 0 Å². The van der Waals surface area contributed by atoms with Gasteiger partial charge in [-0.05, 0) is 11.6 Å². The molecule has 1 nitrogen and oxygen atoms in total. The van der Waals surface area contributed by atoms with Crippen molar-refractivity contribution in [2.24, 2.45) is 0 Å². The van der Waals surface area contributed by atoms with Crippen LogP contribution in [0, 0.1) is 0 Å². The molecule has 0 unspecified atom stereocenters. The number of hydrogen-bond donors (Lipinski definition) is 0. The van der Waals surface area contributed by atoms with Crippen LogP contribution < -0.4 is 0 Å². The molecule has 0 amide bonds. The molecule has 0 fully saturated rings. The summed E-state index contributed by atoms with van der Waals surface area (Å²) in [6, 6.07) is 1.26. The van der Waals surface area contributed by atoms with Crippen LogP contribution in [-0.2, 0) is 12.1 Å². The molecule has 0 aliphatic heterocycles. The zero-order valence-electron chi connectivity index (χ0n) is 5.90. The maximum absolute atomic E-state index is 12.1. The summed E-state index contributed by atoms with van der Waals surface area (Å²) in [5, 5.41) is 0. The predicted octanol–water partition coefficient (Wildman–Crippen LogP) is 2.84. The number of halogens is 4. The monoisotopic (exact) mass is 195 g/mol. The van der Waals surface area contributed by atoms with Gasteiger partial charge in [-0.2, -0.15) is 13.2 Å². The third-order valence-corrected chi connectivity index (χ3v) is 1.65. The predicted molar refractivity (Wildman–Crippen MR) is 38.8 cm³/mol. The lowest BCUT2D eigenvalue weighted by Crippen LogP contribution is -2.08. The van der Waals surface area contributed by atoms with Gasteiger partial charge < -0.3 is 0 Å². The molecule has 12 heavy (non-hydrogen) atoms. The number of aromatic nitrogens is 1. The van der Waals surface area contributed by atoms with Crippen LogP contribution in [0.25, 0.3) is 0 Å². The quantitative estimate of drug-likeness (QED) is 0.628. The van der Waals surface area contributed by atoms with Crippen molar-refractivity contribution in [1.29, 1.82) is 0 Å². The standard InChI is InChI=1S/C7H5ClF3N/c8-3-5-1-2-12-4-6(5)7(9,10)11/h1-2,4H,3H2. The molecule has 5 heteroatoms. The highest BCUT2D eigenvalue weighted by Crippen LogP contribution is 2.31. The SMILES string of the molecule is FC(F)(F)c1cnccc1CCl. The molecule has 0 atom stereocenters. The molecule has 0 spiro atoms. The van der Waals surface area contributed by atoms with Gasteiger partial charge >= 0.3 is 6.18 Å². The second-order valence-corrected chi connectivity index (χ2v) is 2.43. The first kappa shape index (κ1) is 9.32. The molecule has 1 aromatic rings. The van der Waals surface area contributed by atoms with Gasteiger partial charge in [0.05, 0.1) is 5.56 Å². The number of rotatable bonds is 1. The molecule has 66 valence electrons. The van der Waals surface area contributed by atoms with Gasteiger partial charge in [0, 0.05) is 18.3 Å². The Bertz CT molecular complexity index is 272. The summed E-state index contributed by atoms with van der Waals surface area (Å²) >= 11 is 5.31. The van der Waals surface area contributed by atoms with E-state index in [1.807, 2.05) is 0 Å². The minimum Gasteiger partial charge on any atom is -0.264 e. The number of pyridine rings is 1. The third-order valence-electron chi connectivity index (χ3n) is 1.36. The smallest absolute Gasteiger partial charge is 0.264 e. The van der Waals surface area contributed by atoms with E-state index in [0.29, 0.717) is 0 Å². The molecule has 1 aromatic heterocycles. The summed E-state index contributed by atoms with van der Waals surface area (Å²) in [5.74, 6) is -0.155. The summed E-state index contributed by atoms with van der Waals surface area (Å²) in [4.78, 5) is 3.38. The maximum Gasteiger partial charge on any atom is 0.418 e. The van der Waals surface area contributed by atoms with Crippen molar-refractivity contribution in [2.75, 3.05) is 0 Å². The molecule has 0 saturated carbocycles. The van der Waals surface area contributed by atoms with Crippen LogP contribution in [0.5, 0.6) is 0 Å². The van der Waals surface area contributed by atoms with Crippen molar-refractivity contribution in [3.05, 3.63) is 29.6 Å². The summed E-state index contributed by atoms with van der Waals surface area (Å²) in [6.45, 7) is 0. The highest BCUT2D eigenvalue weighted by Gasteiger charge is 2.33. The summed E-state index contributed by atoms with van der Waals surface area (Å²) in [7, 11) is 0. The Labute approximate surface area is 72.2 Å². The van der Waals surface area contributed by atoms with Crippen LogP contribution in [0.4, 0.5) is 13.2 Å². The minimum absolute atomic E-state index is 0.0548. The van der Waals surface area contributed by atoms with Crippen molar-refractivity contribution in [3.63, 3.8) is 0 Å². The first-order valence-electron chi connectivity index (χ1n) is 3.11. The fourth-order valence-corrected chi connectivity index (χ4v) is 1.03. The van der Waals surface area contributed by atoms with E-state index in [9.17, 15) is 13.2 Å². The molecular weight excluding hydrogens is 191 g/mol. The Hall–Kier alpha value is -0.770. The van der Waals surface area contributed by atoms with Gasteiger partial charge in [-0.3, -0.25) is 4.98 Å². The van der Waals surface area contributed by atoms with Gasteiger partial charge in [0.2, 0.25) is 0 Å². The summed E-state index contributed by atoms with van der Waals surface area (Å²) in [5.41, 5.74) is -0.709. The molecule has 0 radical (unpaired) electrons. The van der Waals surface area contributed by atoms with Gasteiger partial charge in [-0.15, -0.1) is 11.6 Å². The second kappa shape index (κ2) is 3.31. The van der Waals surface area contributed by atoms with Gasteiger partial charge in [-0.1, -0.05) is 0 Å². The molecule has 0 N–H and O–H groups in total. The minimum atomic E-state index is -4.36. The van der Waals surface area contributed by atoms with Crippen LogP contribution >= 0.6 is 11.6 Å². The largest absolute Gasteiger partial charge is 0.418 e. The Morgan fingerprint density at radius 2 is 2.08 bits per heavy atom. The first-order chi connectivity index (χ1) is 5.55. The van der Waals surface area contributed by atoms with E-state index in [1.54, 1.807) is 0 Å². The Balaban J connectivity index is 3.14. The molecule has 0 aromatic carbocycles. The Kier molecular flexibility index (Phi) is 2.57. The number of alkyl halides is 4. The van der Waals surface area contributed by atoms with E-state index >= 15 is 0 Å².